The summed E-state index contributed by atoms with van der Waals surface area (Å²) in [5.74, 6) is 2.02. The fraction of sp³-hybridized carbons (Fsp3) is 0.0385. The molecule has 0 aliphatic heterocycles. The average molecular weight is 396 g/mol. The lowest BCUT2D eigenvalue weighted by Crippen LogP contribution is -2.12. The minimum atomic E-state index is -1.31. The number of benzene rings is 4. The van der Waals surface area contributed by atoms with Crippen LogP contribution in [0.5, 0.6) is 23.0 Å². The van der Waals surface area contributed by atoms with E-state index in [1.165, 1.54) is 0 Å². The van der Waals surface area contributed by atoms with Crippen LogP contribution in [0.3, 0.4) is 0 Å². The number of rotatable bonds is 7. The van der Waals surface area contributed by atoms with Crippen LogP contribution in [0, 0.1) is 0 Å². The van der Waals surface area contributed by atoms with Crippen molar-refractivity contribution >= 4 is 5.78 Å². The van der Waals surface area contributed by atoms with Gasteiger partial charge in [-0.25, -0.2) is 0 Å². The number of ketones is 1. The Kier molecular flexibility index (Phi) is 5.88. The van der Waals surface area contributed by atoms with Crippen molar-refractivity contribution in [1.82, 2.24) is 0 Å². The van der Waals surface area contributed by atoms with E-state index in [-0.39, 0.29) is 0 Å². The Morgan fingerprint density at radius 1 is 0.600 bits per heavy atom. The highest BCUT2D eigenvalue weighted by Gasteiger charge is 2.20. The van der Waals surface area contributed by atoms with E-state index in [2.05, 4.69) is 0 Å². The van der Waals surface area contributed by atoms with Gasteiger partial charge in [0.2, 0.25) is 0 Å². The smallest absolute Gasteiger partial charge is 0.195 e. The van der Waals surface area contributed by atoms with Crippen LogP contribution in [0.1, 0.15) is 22.0 Å². The van der Waals surface area contributed by atoms with Crippen LogP contribution in [0.25, 0.3) is 0 Å². The first-order valence-corrected chi connectivity index (χ1v) is 9.57. The Bertz CT molecular complexity index is 1120. The molecule has 1 atom stereocenters. The van der Waals surface area contributed by atoms with Gasteiger partial charge in [0, 0.05) is 5.56 Å². The van der Waals surface area contributed by atoms with Crippen molar-refractivity contribution in [2.75, 3.05) is 0 Å². The Morgan fingerprint density at radius 3 is 1.70 bits per heavy atom. The highest BCUT2D eigenvalue weighted by molar-refractivity contribution is 6.00. The first kappa shape index (κ1) is 19.4. The van der Waals surface area contributed by atoms with Gasteiger partial charge in [-0.05, 0) is 54.1 Å². The van der Waals surface area contributed by atoms with Crippen LogP contribution in [-0.2, 0) is 0 Å². The number of Topliss-reactive ketones (excluding diaryl/α,β-unsaturated/α-hetero) is 1. The molecule has 4 heteroatoms. The van der Waals surface area contributed by atoms with Crippen LogP contribution >= 0.6 is 0 Å². The molecule has 0 amide bonds. The quantitative estimate of drug-likeness (QED) is 0.379. The predicted octanol–water partition coefficient (Wildman–Crippen LogP) is 6.19. The molecule has 148 valence electrons. The summed E-state index contributed by atoms with van der Waals surface area (Å²) in [6.07, 6.45) is -1.31. The standard InChI is InChI=1S/C26H20O4/c27-25(19-9-7-15-23(17-19)29-21-11-3-1-4-12-21)26(28)20-10-8-16-24(18-20)30-22-13-5-2-6-14-22/h1-18,25,27H. The second-order valence-corrected chi connectivity index (χ2v) is 6.70. The molecule has 0 saturated heterocycles. The molecule has 0 aliphatic rings. The number of carbonyl (C=O) groups is 1. The van der Waals surface area contributed by atoms with E-state index in [1.807, 2.05) is 60.7 Å². The molecular formula is C26H20O4. The van der Waals surface area contributed by atoms with Crippen LogP contribution in [0.4, 0.5) is 0 Å². The van der Waals surface area contributed by atoms with E-state index in [0.29, 0.717) is 34.1 Å². The molecule has 4 nitrogen and oxygen atoms in total. The molecule has 4 aromatic rings. The number of para-hydroxylation sites is 2. The highest BCUT2D eigenvalue weighted by atomic mass is 16.5. The van der Waals surface area contributed by atoms with Crippen molar-refractivity contribution < 1.29 is 19.4 Å². The van der Waals surface area contributed by atoms with E-state index in [4.69, 9.17) is 9.47 Å². The zero-order chi connectivity index (χ0) is 20.8. The van der Waals surface area contributed by atoms with E-state index < -0.39 is 11.9 Å². The minimum Gasteiger partial charge on any atom is -0.457 e. The van der Waals surface area contributed by atoms with E-state index in [9.17, 15) is 9.90 Å². The average Bonchev–Trinajstić information content (AvgIpc) is 2.80. The molecule has 0 saturated carbocycles. The van der Waals surface area contributed by atoms with Gasteiger partial charge in [0.1, 0.15) is 29.1 Å². The normalized spacial score (nSPS) is 11.5. The van der Waals surface area contributed by atoms with Gasteiger partial charge in [-0.15, -0.1) is 0 Å². The number of hydrogen-bond donors (Lipinski definition) is 1. The summed E-state index contributed by atoms with van der Waals surface area (Å²) in [5.41, 5.74) is 0.827. The number of carbonyl (C=O) groups excluding carboxylic acids is 1. The molecule has 4 aromatic carbocycles. The molecule has 0 bridgehead atoms. The maximum atomic E-state index is 12.9. The molecule has 1 unspecified atom stereocenters. The van der Waals surface area contributed by atoms with Crippen molar-refractivity contribution in [3.63, 3.8) is 0 Å². The molecule has 4 rings (SSSR count). The maximum Gasteiger partial charge on any atom is 0.195 e. The Balaban J connectivity index is 1.51. The predicted molar refractivity (Wildman–Crippen MR) is 115 cm³/mol. The Hall–Kier alpha value is -3.89. The molecular weight excluding hydrogens is 376 g/mol. The first-order chi connectivity index (χ1) is 14.7. The third-order valence-corrected chi connectivity index (χ3v) is 4.50. The number of aliphatic hydroxyl groups is 1. The summed E-state index contributed by atoms with van der Waals surface area (Å²) in [5, 5.41) is 10.7. The van der Waals surface area contributed by atoms with Gasteiger partial charge in [0.25, 0.3) is 0 Å². The summed E-state index contributed by atoms with van der Waals surface area (Å²) in [7, 11) is 0. The summed E-state index contributed by atoms with van der Waals surface area (Å²) < 4.78 is 11.6. The lowest BCUT2D eigenvalue weighted by molar-refractivity contribution is 0.0747. The van der Waals surface area contributed by atoms with Gasteiger partial charge in [-0.1, -0.05) is 60.7 Å². The summed E-state index contributed by atoms with van der Waals surface area (Å²) in [6.45, 7) is 0. The van der Waals surface area contributed by atoms with E-state index in [1.54, 1.807) is 48.5 Å². The number of hydrogen-bond acceptors (Lipinski definition) is 4. The Morgan fingerprint density at radius 2 is 1.10 bits per heavy atom. The lowest BCUT2D eigenvalue weighted by Gasteiger charge is -2.13. The topological polar surface area (TPSA) is 55.8 Å². The van der Waals surface area contributed by atoms with Crippen LogP contribution in [0.2, 0.25) is 0 Å². The van der Waals surface area contributed by atoms with E-state index in [0.717, 1.165) is 0 Å². The second kappa shape index (κ2) is 9.07. The highest BCUT2D eigenvalue weighted by Crippen LogP contribution is 2.28. The van der Waals surface area contributed by atoms with Gasteiger partial charge in [0.05, 0.1) is 0 Å². The third kappa shape index (κ3) is 4.74. The molecule has 0 aliphatic carbocycles. The second-order valence-electron chi connectivity index (χ2n) is 6.70. The van der Waals surface area contributed by atoms with Crippen molar-refractivity contribution in [2.24, 2.45) is 0 Å². The zero-order valence-corrected chi connectivity index (χ0v) is 16.1. The lowest BCUT2D eigenvalue weighted by atomic mass is 9.99. The van der Waals surface area contributed by atoms with Crippen molar-refractivity contribution in [3.05, 3.63) is 120 Å². The molecule has 0 heterocycles. The van der Waals surface area contributed by atoms with Crippen molar-refractivity contribution in [3.8, 4) is 23.0 Å². The van der Waals surface area contributed by atoms with Gasteiger partial charge in [0.15, 0.2) is 5.78 Å². The minimum absolute atomic E-state index is 0.366. The first-order valence-electron chi connectivity index (χ1n) is 9.57. The molecule has 0 fully saturated rings. The number of aliphatic hydroxyl groups excluding tert-OH is 1. The SMILES string of the molecule is O=C(c1cccc(Oc2ccccc2)c1)C(O)c1cccc(Oc2ccccc2)c1. The van der Waals surface area contributed by atoms with Gasteiger partial charge >= 0.3 is 0 Å². The summed E-state index contributed by atoms with van der Waals surface area (Å²) in [6, 6.07) is 32.3. The zero-order valence-electron chi connectivity index (χ0n) is 16.1. The summed E-state index contributed by atoms with van der Waals surface area (Å²) >= 11 is 0. The van der Waals surface area contributed by atoms with Gasteiger partial charge in [-0.2, -0.15) is 0 Å². The largest absolute Gasteiger partial charge is 0.457 e. The van der Waals surface area contributed by atoms with Gasteiger partial charge < -0.3 is 14.6 Å². The van der Waals surface area contributed by atoms with Crippen LogP contribution in [-0.4, -0.2) is 10.9 Å². The summed E-state index contributed by atoms with van der Waals surface area (Å²) in [4.78, 5) is 12.9. The third-order valence-electron chi connectivity index (χ3n) is 4.50. The fourth-order valence-electron chi connectivity index (χ4n) is 3.02. The van der Waals surface area contributed by atoms with Crippen LogP contribution < -0.4 is 9.47 Å². The number of ether oxygens (including phenoxy) is 2. The molecule has 30 heavy (non-hydrogen) atoms. The fourth-order valence-corrected chi connectivity index (χ4v) is 3.02. The van der Waals surface area contributed by atoms with Crippen LogP contribution in [0.15, 0.2) is 109 Å². The molecule has 0 radical (unpaired) electrons. The molecule has 0 aromatic heterocycles. The van der Waals surface area contributed by atoms with Gasteiger partial charge in [-0.3, -0.25) is 4.79 Å². The maximum absolute atomic E-state index is 12.9. The molecule has 1 N–H and O–H groups in total. The van der Waals surface area contributed by atoms with E-state index >= 15 is 0 Å². The Labute approximate surface area is 175 Å². The molecule has 0 spiro atoms. The van der Waals surface area contributed by atoms with Crippen molar-refractivity contribution in [1.29, 1.82) is 0 Å². The monoisotopic (exact) mass is 396 g/mol. The van der Waals surface area contributed by atoms with Crippen molar-refractivity contribution in [2.45, 2.75) is 6.10 Å².